The summed E-state index contributed by atoms with van der Waals surface area (Å²) in [6, 6.07) is 13.7. The standard InChI is InChI=1S/C34H41ClF2N4O3/c1-2-44-32-5-3-4-30(37)29(32)22-40-16-18-41(19-17-40)34(43)33(38)23-10-13-39(14-11-23)15-12-24-20-25(35)6-8-27(24)28-21-26(36)7-9-31(28)42/h3-9,20-21,23,33,42H,2,10-19,22,38H2,1H3/t33-/m1/s1. The van der Waals surface area contributed by atoms with Crippen molar-refractivity contribution in [3.05, 3.63) is 82.4 Å². The number of piperazine rings is 1. The zero-order valence-electron chi connectivity index (χ0n) is 25.2. The van der Waals surface area contributed by atoms with Crippen molar-refractivity contribution < 1.29 is 23.4 Å². The van der Waals surface area contributed by atoms with Gasteiger partial charge in [-0.05, 0) is 98.8 Å². The Hall–Kier alpha value is -3.24. The molecule has 2 aliphatic rings. The van der Waals surface area contributed by atoms with Crippen LogP contribution in [-0.2, 0) is 17.8 Å². The molecule has 2 heterocycles. The Kier molecular flexibility index (Phi) is 10.7. The van der Waals surface area contributed by atoms with E-state index in [1.807, 2.05) is 24.0 Å². The number of aromatic hydroxyl groups is 1. The minimum Gasteiger partial charge on any atom is -0.507 e. The number of hydrogen-bond acceptors (Lipinski definition) is 6. The largest absolute Gasteiger partial charge is 0.507 e. The first-order chi connectivity index (χ1) is 21.2. The third-order valence-electron chi connectivity index (χ3n) is 8.88. The van der Waals surface area contributed by atoms with E-state index in [9.17, 15) is 18.7 Å². The highest BCUT2D eigenvalue weighted by molar-refractivity contribution is 6.30. The molecule has 44 heavy (non-hydrogen) atoms. The number of benzene rings is 3. The first-order valence-electron chi connectivity index (χ1n) is 15.4. The summed E-state index contributed by atoms with van der Waals surface area (Å²) >= 11 is 6.29. The number of hydrogen-bond donors (Lipinski definition) is 2. The molecule has 1 atom stereocenters. The van der Waals surface area contributed by atoms with Gasteiger partial charge in [0.1, 0.15) is 23.1 Å². The van der Waals surface area contributed by atoms with Gasteiger partial charge in [-0.3, -0.25) is 9.69 Å². The topological polar surface area (TPSA) is 82.3 Å². The first kappa shape index (κ1) is 32.2. The molecule has 0 unspecified atom stereocenters. The summed E-state index contributed by atoms with van der Waals surface area (Å²) in [7, 11) is 0. The van der Waals surface area contributed by atoms with Gasteiger partial charge in [-0.2, -0.15) is 0 Å². The van der Waals surface area contributed by atoms with Crippen LogP contribution in [-0.4, -0.2) is 84.2 Å². The third-order valence-corrected chi connectivity index (χ3v) is 9.12. The quantitative estimate of drug-likeness (QED) is 0.317. The van der Waals surface area contributed by atoms with E-state index >= 15 is 0 Å². The number of nitrogens with zero attached hydrogens (tertiary/aromatic N) is 3. The second-order valence-corrected chi connectivity index (χ2v) is 12.1. The SMILES string of the molecule is CCOc1cccc(F)c1CN1CCN(C(=O)[C@H](N)C2CCN(CCc3cc(Cl)ccc3-c3cc(F)ccc3O)CC2)CC1. The molecule has 0 bridgehead atoms. The van der Waals surface area contributed by atoms with Crippen molar-refractivity contribution in [3.63, 3.8) is 0 Å². The molecular formula is C34H41ClF2N4O3. The van der Waals surface area contributed by atoms with E-state index in [0.29, 0.717) is 67.7 Å². The van der Waals surface area contributed by atoms with E-state index in [4.69, 9.17) is 22.1 Å². The second kappa shape index (κ2) is 14.7. The molecule has 3 aromatic rings. The Labute approximate surface area is 263 Å². The van der Waals surface area contributed by atoms with Gasteiger partial charge in [0.25, 0.3) is 0 Å². The predicted octanol–water partition coefficient (Wildman–Crippen LogP) is 5.32. The minimum atomic E-state index is -0.546. The Bertz CT molecular complexity index is 1440. The molecular weight excluding hydrogens is 586 g/mol. The summed E-state index contributed by atoms with van der Waals surface area (Å²) in [6.07, 6.45) is 2.34. The van der Waals surface area contributed by atoms with Crippen LogP contribution < -0.4 is 10.5 Å². The molecule has 0 radical (unpaired) electrons. The highest BCUT2D eigenvalue weighted by Gasteiger charge is 2.33. The summed E-state index contributed by atoms with van der Waals surface area (Å²) in [5, 5.41) is 10.9. The summed E-state index contributed by atoms with van der Waals surface area (Å²) in [4.78, 5) is 19.7. The Morgan fingerprint density at radius 1 is 1.00 bits per heavy atom. The number of phenols is 1. The van der Waals surface area contributed by atoms with Crippen LogP contribution in [0.1, 0.15) is 30.9 Å². The minimum absolute atomic E-state index is 0.0116. The molecule has 0 spiro atoms. The van der Waals surface area contributed by atoms with Gasteiger partial charge in [-0.15, -0.1) is 0 Å². The normalized spacial score (nSPS) is 17.5. The molecule has 0 aliphatic carbocycles. The molecule has 5 rings (SSSR count). The fourth-order valence-corrected chi connectivity index (χ4v) is 6.51. The summed E-state index contributed by atoms with van der Waals surface area (Å²) in [5.74, 6) is 0.00113. The van der Waals surface area contributed by atoms with E-state index in [0.717, 1.165) is 43.6 Å². The molecule has 1 amide bonds. The number of ether oxygens (including phenoxy) is 1. The van der Waals surface area contributed by atoms with Crippen molar-refractivity contribution in [3.8, 4) is 22.6 Å². The average molecular weight is 627 g/mol. The fraction of sp³-hybridized carbons (Fsp3) is 0.441. The van der Waals surface area contributed by atoms with Crippen LogP contribution >= 0.6 is 11.6 Å². The fourth-order valence-electron chi connectivity index (χ4n) is 6.32. The lowest BCUT2D eigenvalue weighted by atomic mass is 9.88. The van der Waals surface area contributed by atoms with Crippen molar-refractivity contribution in [1.82, 2.24) is 14.7 Å². The van der Waals surface area contributed by atoms with Gasteiger partial charge in [0.15, 0.2) is 0 Å². The molecule has 0 saturated carbocycles. The van der Waals surface area contributed by atoms with Gasteiger partial charge in [0, 0.05) is 55.4 Å². The molecule has 10 heteroatoms. The Morgan fingerprint density at radius 2 is 1.75 bits per heavy atom. The van der Waals surface area contributed by atoms with Crippen LogP contribution in [0.25, 0.3) is 11.1 Å². The smallest absolute Gasteiger partial charge is 0.239 e. The number of carbonyl (C=O) groups excluding carboxylic acids is 1. The maximum atomic E-state index is 14.5. The highest BCUT2D eigenvalue weighted by atomic mass is 35.5. The van der Waals surface area contributed by atoms with Gasteiger partial charge in [-0.1, -0.05) is 23.7 Å². The van der Waals surface area contributed by atoms with Crippen LogP contribution in [0.15, 0.2) is 54.6 Å². The van der Waals surface area contributed by atoms with E-state index in [2.05, 4.69) is 9.80 Å². The number of rotatable bonds is 10. The predicted molar refractivity (Wildman–Crippen MR) is 169 cm³/mol. The Balaban J connectivity index is 1.10. The zero-order valence-corrected chi connectivity index (χ0v) is 25.9. The van der Waals surface area contributed by atoms with Gasteiger partial charge < -0.3 is 25.4 Å². The van der Waals surface area contributed by atoms with E-state index in [1.54, 1.807) is 18.2 Å². The molecule has 3 N–H and O–H groups in total. The summed E-state index contributed by atoms with van der Waals surface area (Å²) in [5.41, 5.74) is 9.24. The maximum Gasteiger partial charge on any atom is 0.239 e. The molecule has 2 fully saturated rings. The molecule has 7 nitrogen and oxygen atoms in total. The van der Waals surface area contributed by atoms with Crippen LogP contribution in [0.3, 0.4) is 0 Å². The van der Waals surface area contributed by atoms with Crippen molar-refractivity contribution in [2.45, 2.75) is 38.8 Å². The Morgan fingerprint density at radius 3 is 2.48 bits per heavy atom. The highest BCUT2D eigenvalue weighted by Crippen LogP contribution is 2.34. The molecule has 236 valence electrons. The lowest BCUT2D eigenvalue weighted by molar-refractivity contribution is -0.136. The van der Waals surface area contributed by atoms with Crippen molar-refractivity contribution in [2.75, 3.05) is 52.4 Å². The van der Waals surface area contributed by atoms with Gasteiger partial charge in [0.2, 0.25) is 5.91 Å². The lowest BCUT2D eigenvalue weighted by Gasteiger charge is -2.39. The van der Waals surface area contributed by atoms with Gasteiger partial charge in [-0.25, -0.2) is 8.78 Å². The second-order valence-electron chi connectivity index (χ2n) is 11.7. The van der Waals surface area contributed by atoms with Crippen molar-refractivity contribution in [2.24, 2.45) is 11.7 Å². The van der Waals surface area contributed by atoms with Crippen LogP contribution in [0.4, 0.5) is 8.78 Å². The van der Waals surface area contributed by atoms with Crippen LogP contribution in [0.2, 0.25) is 5.02 Å². The third kappa shape index (κ3) is 7.69. The molecule has 2 saturated heterocycles. The first-order valence-corrected chi connectivity index (χ1v) is 15.8. The lowest BCUT2D eigenvalue weighted by Crippen LogP contribution is -2.55. The van der Waals surface area contributed by atoms with Crippen molar-refractivity contribution in [1.29, 1.82) is 0 Å². The maximum absolute atomic E-state index is 14.5. The zero-order chi connectivity index (χ0) is 31.2. The van der Waals surface area contributed by atoms with E-state index in [1.165, 1.54) is 24.3 Å². The van der Waals surface area contributed by atoms with Gasteiger partial charge >= 0.3 is 0 Å². The monoisotopic (exact) mass is 626 g/mol. The van der Waals surface area contributed by atoms with E-state index in [-0.39, 0.29) is 23.4 Å². The number of halogens is 3. The van der Waals surface area contributed by atoms with Crippen LogP contribution in [0.5, 0.6) is 11.5 Å². The summed E-state index contributed by atoms with van der Waals surface area (Å²) in [6.45, 7) is 7.64. The number of carbonyl (C=O) groups is 1. The number of likely N-dealkylation sites (tertiary alicyclic amines) is 1. The average Bonchev–Trinajstić information content (AvgIpc) is 3.03. The molecule has 0 aromatic heterocycles. The van der Waals surface area contributed by atoms with E-state index < -0.39 is 11.9 Å². The number of piperidine rings is 1. The molecule has 3 aromatic carbocycles. The van der Waals surface area contributed by atoms with Crippen molar-refractivity contribution >= 4 is 17.5 Å². The number of phenolic OH excluding ortho intramolecular Hbond substituents is 1. The number of amides is 1. The number of nitrogens with two attached hydrogens (primary N) is 1. The molecule has 2 aliphatic heterocycles. The van der Waals surface area contributed by atoms with Gasteiger partial charge in [0.05, 0.1) is 12.6 Å². The van der Waals surface area contributed by atoms with Crippen LogP contribution in [0, 0.1) is 17.6 Å². The summed E-state index contributed by atoms with van der Waals surface area (Å²) < 4.78 is 34.1.